The second-order valence-corrected chi connectivity index (χ2v) is 5.23. The molecule has 0 saturated carbocycles. The summed E-state index contributed by atoms with van der Waals surface area (Å²) in [4.78, 5) is 2.09. The second-order valence-electron chi connectivity index (χ2n) is 5.23. The Morgan fingerprint density at radius 3 is 2.58 bits per heavy atom. The van der Waals surface area contributed by atoms with Gasteiger partial charge in [-0.25, -0.2) is 0 Å². The first-order valence-corrected chi connectivity index (χ1v) is 6.24. The fraction of sp³-hybridized carbons (Fsp3) is 0.500. The van der Waals surface area contributed by atoms with E-state index < -0.39 is 0 Å². The van der Waals surface area contributed by atoms with Crippen molar-refractivity contribution in [2.75, 3.05) is 38.5 Å². The van der Waals surface area contributed by atoms with E-state index in [1.54, 1.807) is 0 Å². The molecule has 0 aliphatic carbocycles. The van der Waals surface area contributed by atoms with Crippen LogP contribution >= 0.6 is 0 Å². The molecule has 0 spiro atoms. The monoisotopic (exact) mass is 260 g/mol. The van der Waals surface area contributed by atoms with Crippen molar-refractivity contribution in [1.29, 1.82) is 5.26 Å². The lowest BCUT2D eigenvalue weighted by Crippen LogP contribution is -2.49. The first-order valence-electron chi connectivity index (χ1n) is 6.24. The third kappa shape index (κ3) is 1.98. The molecule has 0 unspecified atom stereocenters. The maximum Gasteiger partial charge on any atom is 0.231 e. The number of hydrogen-bond acceptors (Lipinski definition) is 5. The van der Waals surface area contributed by atoms with Gasteiger partial charge in [0.05, 0.1) is 19.3 Å². The Kier molecular flexibility index (Phi) is 2.76. The maximum atomic E-state index is 9.26. The average molecular weight is 260 g/mol. The first-order chi connectivity index (χ1) is 9.13. The average Bonchev–Trinajstić information content (AvgIpc) is 2.79. The Bertz CT molecular complexity index is 546. The summed E-state index contributed by atoms with van der Waals surface area (Å²) in [5.41, 5.74) is 1.79. The molecule has 0 aromatic heterocycles. The van der Waals surface area contributed by atoms with Gasteiger partial charge in [0.25, 0.3) is 0 Å². The molecule has 2 aliphatic rings. The topological polar surface area (TPSA) is 54.7 Å². The third-order valence-electron chi connectivity index (χ3n) is 3.64. The van der Waals surface area contributed by atoms with Gasteiger partial charge in [-0.2, -0.15) is 5.26 Å². The number of ether oxygens (including phenoxy) is 3. The summed E-state index contributed by atoms with van der Waals surface area (Å²) in [6, 6.07) is 6.32. The van der Waals surface area contributed by atoms with Gasteiger partial charge in [0.15, 0.2) is 11.5 Å². The molecular weight excluding hydrogens is 244 g/mol. The highest BCUT2D eigenvalue weighted by molar-refractivity contribution is 5.62. The Hall–Kier alpha value is -1.93. The largest absolute Gasteiger partial charge is 0.454 e. The molecule has 1 aromatic carbocycles. The van der Waals surface area contributed by atoms with Gasteiger partial charge in [-0.15, -0.1) is 0 Å². The van der Waals surface area contributed by atoms with Crippen LogP contribution in [0.4, 0.5) is 5.69 Å². The Morgan fingerprint density at radius 1 is 1.32 bits per heavy atom. The minimum atomic E-state index is -0.377. The standard InChI is InChI=1S/C14H16N2O3/c1-10-3-12-13(19-9-18-12)4-11(10)16(2)6-14(5-15)7-17-8-14/h3-4H,6-9H2,1-2H3. The molecule has 5 heteroatoms. The third-order valence-corrected chi connectivity index (χ3v) is 3.64. The molecule has 3 rings (SSSR count). The molecule has 2 aliphatic heterocycles. The molecule has 0 atom stereocenters. The predicted octanol–water partition coefficient (Wildman–Crippen LogP) is 1.70. The van der Waals surface area contributed by atoms with Crippen LogP contribution in [0.15, 0.2) is 12.1 Å². The molecule has 0 bridgehead atoms. The molecular formula is C14H16N2O3. The number of fused-ring (bicyclic) bond motifs is 1. The summed E-state index contributed by atoms with van der Waals surface area (Å²) in [7, 11) is 1.99. The first kappa shape index (κ1) is 12.1. The molecule has 2 heterocycles. The van der Waals surface area contributed by atoms with Gasteiger partial charge in [0, 0.05) is 25.3 Å². The van der Waals surface area contributed by atoms with Crippen LogP contribution in [0.1, 0.15) is 5.56 Å². The van der Waals surface area contributed by atoms with E-state index in [0.717, 1.165) is 22.7 Å². The lowest BCUT2D eigenvalue weighted by molar-refractivity contribution is -0.0716. The second kappa shape index (κ2) is 4.32. The summed E-state index contributed by atoms with van der Waals surface area (Å²) < 4.78 is 15.9. The van der Waals surface area contributed by atoms with E-state index in [9.17, 15) is 5.26 Å². The quantitative estimate of drug-likeness (QED) is 0.828. The SMILES string of the molecule is Cc1cc2c(cc1N(C)CC1(C#N)COC1)OCO2. The molecule has 0 radical (unpaired) electrons. The molecule has 1 aromatic rings. The van der Waals surface area contributed by atoms with Gasteiger partial charge in [-0.3, -0.25) is 0 Å². The fourth-order valence-corrected chi connectivity index (χ4v) is 2.52. The van der Waals surface area contributed by atoms with Crippen molar-refractivity contribution < 1.29 is 14.2 Å². The van der Waals surface area contributed by atoms with Gasteiger partial charge >= 0.3 is 0 Å². The number of anilines is 1. The number of rotatable bonds is 3. The lowest BCUT2D eigenvalue weighted by atomic mass is 9.87. The molecule has 0 N–H and O–H groups in total. The van der Waals surface area contributed by atoms with Crippen LogP contribution in [-0.4, -0.2) is 33.6 Å². The van der Waals surface area contributed by atoms with E-state index in [1.807, 2.05) is 26.1 Å². The van der Waals surface area contributed by atoms with Crippen LogP contribution in [0.2, 0.25) is 0 Å². The summed E-state index contributed by atoms with van der Waals surface area (Å²) >= 11 is 0. The Morgan fingerprint density at radius 2 is 2.00 bits per heavy atom. The van der Waals surface area contributed by atoms with Crippen LogP contribution in [0, 0.1) is 23.7 Å². The van der Waals surface area contributed by atoms with Gasteiger partial charge in [0.2, 0.25) is 6.79 Å². The molecule has 1 saturated heterocycles. The summed E-state index contributed by atoms with van der Waals surface area (Å²) in [6.45, 7) is 3.99. The maximum absolute atomic E-state index is 9.26. The lowest BCUT2D eigenvalue weighted by Gasteiger charge is -2.39. The van der Waals surface area contributed by atoms with E-state index >= 15 is 0 Å². The van der Waals surface area contributed by atoms with E-state index in [0.29, 0.717) is 19.8 Å². The zero-order chi connectivity index (χ0) is 13.5. The highest BCUT2D eigenvalue weighted by Crippen LogP contribution is 2.39. The zero-order valence-electron chi connectivity index (χ0n) is 11.1. The molecule has 100 valence electrons. The van der Waals surface area contributed by atoms with Crippen molar-refractivity contribution in [2.24, 2.45) is 5.41 Å². The van der Waals surface area contributed by atoms with Crippen LogP contribution < -0.4 is 14.4 Å². The smallest absolute Gasteiger partial charge is 0.231 e. The Labute approximate surface area is 112 Å². The van der Waals surface area contributed by atoms with Crippen molar-refractivity contribution in [3.8, 4) is 17.6 Å². The van der Waals surface area contributed by atoms with E-state index in [1.165, 1.54) is 0 Å². The molecule has 0 amide bonds. The number of benzene rings is 1. The predicted molar refractivity (Wildman–Crippen MR) is 69.4 cm³/mol. The Balaban J connectivity index is 1.84. The van der Waals surface area contributed by atoms with Crippen molar-refractivity contribution in [1.82, 2.24) is 0 Å². The van der Waals surface area contributed by atoms with Crippen LogP contribution in [0.3, 0.4) is 0 Å². The minimum absolute atomic E-state index is 0.276. The van der Waals surface area contributed by atoms with E-state index in [4.69, 9.17) is 14.2 Å². The van der Waals surface area contributed by atoms with Crippen molar-refractivity contribution in [2.45, 2.75) is 6.92 Å². The number of nitriles is 1. The van der Waals surface area contributed by atoms with Crippen molar-refractivity contribution in [3.05, 3.63) is 17.7 Å². The molecule has 5 nitrogen and oxygen atoms in total. The van der Waals surface area contributed by atoms with E-state index in [-0.39, 0.29) is 12.2 Å². The fourth-order valence-electron chi connectivity index (χ4n) is 2.52. The number of aryl methyl sites for hydroxylation is 1. The van der Waals surface area contributed by atoms with Crippen molar-refractivity contribution >= 4 is 5.69 Å². The van der Waals surface area contributed by atoms with Gasteiger partial charge < -0.3 is 19.1 Å². The van der Waals surface area contributed by atoms with Crippen LogP contribution in [-0.2, 0) is 4.74 Å². The number of hydrogen-bond donors (Lipinski definition) is 0. The minimum Gasteiger partial charge on any atom is -0.454 e. The normalized spacial score (nSPS) is 18.6. The number of nitrogens with zero attached hydrogens (tertiary/aromatic N) is 2. The summed E-state index contributed by atoms with van der Waals surface area (Å²) in [5, 5.41) is 9.26. The van der Waals surface area contributed by atoms with Crippen LogP contribution in [0.5, 0.6) is 11.5 Å². The molecule has 19 heavy (non-hydrogen) atoms. The molecule has 1 fully saturated rings. The highest BCUT2D eigenvalue weighted by atomic mass is 16.7. The highest BCUT2D eigenvalue weighted by Gasteiger charge is 2.40. The van der Waals surface area contributed by atoms with Gasteiger partial charge in [-0.05, 0) is 18.6 Å². The summed E-state index contributed by atoms with van der Waals surface area (Å²) in [6.07, 6.45) is 0. The van der Waals surface area contributed by atoms with E-state index in [2.05, 4.69) is 11.0 Å². The van der Waals surface area contributed by atoms with Gasteiger partial charge in [0.1, 0.15) is 5.41 Å². The zero-order valence-corrected chi connectivity index (χ0v) is 11.1. The summed E-state index contributed by atoms with van der Waals surface area (Å²) in [5.74, 6) is 1.56. The van der Waals surface area contributed by atoms with Crippen LogP contribution in [0.25, 0.3) is 0 Å². The van der Waals surface area contributed by atoms with Crippen molar-refractivity contribution in [3.63, 3.8) is 0 Å². The van der Waals surface area contributed by atoms with Gasteiger partial charge in [-0.1, -0.05) is 0 Å².